The molecule has 0 atom stereocenters. The van der Waals surface area contributed by atoms with Gasteiger partial charge in [0.15, 0.2) is 0 Å². The molecule has 0 aromatic carbocycles. The normalized spacial score (nSPS) is 10.5. The number of anilines is 1. The minimum Gasteiger partial charge on any atom is -0.396 e. The van der Waals surface area contributed by atoms with E-state index in [-0.39, 0.29) is 0 Å². The van der Waals surface area contributed by atoms with Crippen LogP contribution >= 0.6 is 0 Å². The maximum absolute atomic E-state index is 5.81. The maximum Gasteiger partial charge on any atom is 0.0856 e. The molecule has 62 valence electrons. The molecule has 11 heavy (non-hydrogen) atoms. The van der Waals surface area contributed by atoms with Crippen molar-refractivity contribution in [3.63, 3.8) is 0 Å². The fourth-order valence-electron chi connectivity index (χ4n) is 1.11. The first-order chi connectivity index (χ1) is 5.16. The predicted octanol–water partition coefficient (Wildman–Crippen LogP) is 1.26. The van der Waals surface area contributed by atoms with E-state index in [1.807, 2.05) is 18.7 Å². The zero-order valence-electron chi connectivity index (χ0n) is 7.39. The Hall–Kier alpha value is -0.990. The van der Waals surface area contributed by atoms with Crippen molar-refractivity contribution >= 4 is 5.69 Å². The van der Waals surface area contributed by atoms with E-state index in [1.54, 1.807) is 0 Å². The molecule has 0 aliphatic rings. The van der Waals surface area contributed by atoms with Crippen LogP contribution in [0.15, 0.2) is 0 Å². The summed E-state index contributed by atoms with van der Waals surface area (Å²) in [4.78, 5) is 0. The quantitative estimate of drug-likeness (QED) is 0.695. The van der Waals surface area contributed by atoms with Gasteiger partial charge in [-0.1, -0.05) is 13.3 Å². The summed E-state index contributed by atoms with van der Waals surface area (Å²) in [6.45, 7) is 4.12. The van der Waals surface area contributed by atoms with Crippen molar-refractivity contribution in [1.82, 2.24) is 9.78 Å². The van der Waals surface area contributed by atoms with Crippen LogP contribution in [0.25, 0.3) is 0 Å². The maximum atomic E-state index is 5.81. The monoisotopic (exact) mass is 153 g/mol. The molecule has 3 nitrogen and oxygen atoms in total. The molecule has 1 heterocycles. The lowest BCUT2D eigenvalue weighted by Gasteiger charge is -1.92. The summed E-state index contributed by atoms with van der Waals surface area (Å²) in [5.74, 6) is 0. The molecule has 0 amide bonds. The van der Waals surface area contributed by atoms with Gasteiger partial charge in [-0.25, -0.2) is 0 Å². The van der Waals surface area contributed by atoms with Crippen LogP contribution < -0.4 is 5.73 Å². The summed E-state index contributed by atoms with van der Waals surface area (Å²) in [7, 11) is 1.92. The molecule has 1 aromatic rings. The van der Waals surface area contributed by atoms with Gasteiger partial charge in [0.05, 0.1) is 17.1 Å². The van der Waals surface area contributed by atoms with Gasteiger partial charge in [-0.05, 0) is 13.3 Å². The molecule has 1 aromatic heterocycles. The molecule has 0 spiro atoms. The zero-order chi connectivity index (χ0) is 8.43. The van der Waals surface area contributed by atoms with E-state index in [1.165, 1.54) is 0 Å². The van der Waals surface area contributed by atoms with Crippen molar-refractivity contribution < 1.29 is 0 Å². The highest BCUT2D eigenvalue weighted by atomic mass is 15.3. The smallest absolute Gasteiger partial charge is 0.0856 e. The predicted molar refractivity (Wildman–Crippen MR) is 46.4 cm³/mol. The first kappa shape index (κ1) is 8.11. The molecular weight excluding hydrogens is 138 g/mol. The summed E-state index contributed by atoms with van der Waals surface area (Å²) in [5.41, 5.74) is 8.76. The number of rotatable bonds is 2. The Labute approximate surface area is 67.2 Å². The van der Waals surface area contributed by atoms with E-state index < -0.39 is 0 Å². The second-order valence-corrected chi connectivity index (χ2v) is 2.82. The van der Waals surface area contributed by atoms with Crippen molar-refractivity contribution in [2.45, 2.75) is 26.7 Å². The SMILES string of the molecule is CCCc1nn(C)c(C)c1N. The van der Waals surface area contributed by atoms with Gasteiger partial charge in [0, 0.05) is 7.05 Å². The molecule has 0 saturated carbocycles. The average molecular weight is 153 g/mol. The van der Waals surface area contributed by atoms with E-state index >= 15 is 0 Å². The Morgan fingerprint density at radius 3 is 2.55 bits per heavy atom. The second-order valence-electron chi connectivity index (χ2n) is 2.82. The Kier molecular flexibility index (Phi) is 2.17. The summed E-state index contributed by atoms with van der Waals surface area (Å²) in [6.07, 6.45) is 2.08. The highest BCUT2D eigenvalue weighted by Crippen LogP contribution is 2.15. The number of nitrogens with two attached hydrogens (primary N) is 1. The molecule has 0 radical (unpaired) electrons. The minimum atomic E-state index is 0.856. The molecule has 0 saturated heterocycles. The van der Waals surface area contributed by atoms with E-state index in [9.17, 15) is 0 Å². The Bertz CT molecular complexity index is 250. The summed E-state index contributed by atoms with van der Waals surface area (Å²) >= 11 is 0. The number of nitrogen functional groups attached to an aromatic ring is 1. The molecule has 1 rings (SSSR count). The largest absolute Gasteiger partial charge is 0.396 e. The molecule has 0 unspecified atom stereocenters. The van der Waals surface area contributed by atoms with E-state index in [0.29, 0.717) is 0 Å². The van der Waals surface area contributed by atoms with E-state index in [2.05, 4.69) is 12.0 Å². The summed E-state index contributed by atoms with van der Waals surface area (Å²) in [6, 6.07) is 0. The molecule has 0 aliphatic heterocycles. The number of nitrogens with zero attached hydrogens (tertiary/aromatic N) is 2. The second kappa shape index (κ2) is 2.95. The topological polar surface area (TPSA) is 43.8 Å². The van der Waals surface area contributed by atoms with Gasteiger partial charge in [0.2, 0.25) is 0 Å². The lowest BCUT2D eigenvalue weighted by Crippen LogP contribution is -1.93. The van der Waals surface area contributed by atoms with Crippen LogP contribution in [-0.2, 0) is 13.5 Å². The van der Waals surface area contributed by atoms with Gasteiger partial charge >= 0.3 is 0 Å². The van der Waals surface area contributed by atoms with Crippen LogP contribution in [0.2, 0.25) is 0 Å². The van der Waals surface area contributed by atoms with Gasteiger partial charge in [0.25, 0.3) is 0 Å². The van der Waals surface area contributed by atoms with Crippen molar-refractivity contribution in [3.05, 3.63) is 11.4 Å². The molecular formula is C8H15N3. The fourth-order valence-corrected chi connectivity index (χ4v) is 1.11. The Morgan fingerprint density at radius 1 is 1.55 bits per heavy atom. The van der Waals surface area contributed by atoms with Crippen molar-refractivity contribution in [3.8, 4) is 0 Å². The molecule has 0 fully saturated rings. The third kappa shape index (κ3) is 1.37. The number of aryl methyl sites for hydroxylation is 2. The van der Waals surface area contributed by atoms with Crippen LogP contribution in [-0.4, -0.2) is 9.78 Å². The number of hydrogen-bond acceptors (Lipinski definition) is 2. The van der Waals surface area contributed by atoms with Crippen LogP contribution in [0.3, 0.4) is 0 Å². The third-order valence-corrected chi connectivity index (χ3v) is 1.94. The van der Waals surface area contributed by atoms with Gasteiger partial charge in [0.1, 0.15) is 0 Å². The van der Waals surface area contributed by atoms with Gasteiger partial charge in [-0.2, -0.15) is 5.10 Å². The number of aromatic nitrogens is 2. The van der Waals surface area contributed by atoms with Gasteiger partial charge in [-0.15, -0.1) is 0 Å². The summed E-state index contributed by atoms with van der Waals surface area (Å²) < 4.78 is 1.83. The Morgan fingerprint density at radius 2 is 2.18 bits per heavy atom. The van der Waals surface area contributed by atoms with Crippen molar-refractivity contribution in [2.24, 2.45) is 7.05 Å². The van der Waals surface area contributed by atoms with Crippen molar-refractivity contribution in [2.75, 3.05) is 5.73 Å². The average Bonchev–Trinajstić information content (AvgIpc) is 2.19. The highest BCUT2D eigenvalue weighted by molar-refractivity contribution is 5.47. The lowest BCUT2D eigenvalue weighted by atomic mass is 10.2. The van der Waals surface area contributed by atoms with Crippen LogP contribution in [0.4, 0.5) is 5.69 Å². The number of hydrogen-bond donors (Lipinski definition) is 1. The Balaban J connectivity index is 2.98. The van der Waals surface area contributed by atoms with Gasteiger partial charge in [-0.3, -0.25) is 4.68 Å². The van der Waals surface area contributed by atoms with Crippen LogP contribution in [0.5, 0.6) is 0 Å². The lowest BCUT2D eigenvalue weighted by molar-refractivity contribution is 0.714. The third-order valence-electron chi connectivity index (χ3n) is 1.94. The van der Waals surface area contributed by atoms with Gasteiger partial charge < -0.3 is 5.73 Å². The standard InChI is InChI=1S/C8H15N3/c1-4-5-7-8(9)6(2)11(3)10-7/h4-5,9H2,1-3H3. The van der Waals surface area contributed by atoms with Crippen LogP contribution in [0.1, 0.15) is 24.7 Å². The van der Waals surface area contributed by atoms with E-state index in [4.69, 9.17) is 5.73 Å². The minimum absolute atomic E-state index is 0.856. The first-order valence-electron chi connectivity index (χ1n) is 3.94. The molecule has 3 heteroatoms. The zero-order valence-corrected chi connectivity index (χ0v) is 7.39. The first-order valence-corrected chi connectivity index (χ1v) is 3.94. The van der Waals surface area contributed by atoms with Crippen molar-refractivity contribution in [1.29, 1.82) is 0 Å². The van der Waals surface area contributed by atoms with Crippen LogP contribution in [0, 0.1) is 6.92 Å². The van der Waals surface area contributed by atoms with E-state index in [0.717, 1.165) is 29.9 Å². The summed E-state index contributed by atoms with van der Waals surface area (Å²) in [5, 5.41) is 4.29. The molecule has 0 bridgehead atoms. The highest BCUT2D eigenvalue weighted by Gasteiger charge is 2.07. The molecule has 2 N–H and O–H groups in total. The fraction of sp³-hybridized carbons (Fsp3) is 0.625. The molecule has 0 aliphatic carbocycles.